The summed E-state index contributed by atoms with van der Waals surface area (Å²) in [7, 11) is 1.59. The van der Waals surface area contributed by atoms with E-state index in [9.17, 15) is 14.7 Å². The summed E-state index contributed by atoms with van der Waals surface area (Å²) < 4.78 is 5.02. The summed E-state index contributed by atoms with van der Waals surface area (Å²) in [6, 6.07) is -0.375. The highest BCUT2D eigenvalue weighted by Crippen LogP contribution is 2.38. The van der Waals surface area contributed by atoms with Gasteiger partial charge in [-0.05, 0) is 38.0 Å². The van der Waals surface area contributed by atoms with Gasteiger partial charge in [0.2, 0.25) is 0 Å². The van der Waals surface area contributed by atoms with Crippen molar-refractivity contribution < 1.29 is 19.4 Å². The molecular weight excluding hydrogens is 272 g/mol. The van der Waals surface area contributed by atoms with Crippen LogP contribution in [0.5, 0.6) is 0 Å². The number of ether oxygens (including phenoxy) is 1. The molecule has 1 unspecified atom stereocenters. The Morgan fingerprint density at radius 2 is 2.00 bits per heavy atom. The van der Waals surface area contributed by atoms with Crippen LogP contribution in [-0.4, -0.2) is 43.4 Å². The number of urea groups is 1. The molecule has 6 heteroatoms. The molecule has 1 atom stereocenters. The van der Waals surface area contributed by atoms with E-state index in [2.05, 4.69) is 17.6 Å². The molecule has 0 aromatic carbocycles. The highest BCUT2D eigenvalue weighted by Gasteiger charge is 2.41. The number of amides is 2. The molecule has 0 aliphatic heterocycles. The number of nitrogens with one attached hydrogen (secondary N) is 2. The number of hydrogen-bond acceptors (Lipinski definition) is 3. The summed E-state index contributed by atoms with van der Waals surface area (Å²) in [6.07, 6.45) is 3.81. The van der Waals surface area contributed by atoms with Crippen LogP contribution in [0.3, 0.4) is 0 Å². The van der Waals surface area contributed by atoms with Crippen LogP contribution in [0.4, 0.5) is 4.79 Å². The lowest BCUT2D eigenvalue weighted by atomic mass is 9.71. The molecule has 3 N–H and O–H groups in total. The molecule has 1 fully saturated rings. The average molecular weight is 300 g/mol. The Labute approximate surface area is 126 Å². The fourth-order valence-electron chi connectivity index (χ4n) is 2.73. The number of carboxylic acid groups (broad SMARTS) is 1. The molecule has 1 rings (SSSR count). The van der Waals surface area contributed by atoms with Gasteiger partial charge in [0.25, 0.3) is 0 Å². The van der Waals surface area contributed by atoms with Crippen molar-refractivity contribution in [2.24, 2.45) is 11.3 Å². The van der Waals surface area contributed by atoms with Gasteiger partial charge >= 0.3 is 12.0 Å². The van der Waals surface area contributed by atoms with E-state index in [0.717, 1.165) is 19.3 Å². The van der Waals surface area contributed by atoms with Crippen LogP contribution in [0.1, 0.15) is 46.0 Å². The maximum atomic E-state index is 11.9. The zero-order valence-corrected chi connectivity index (χ0v) is 13.3. The van der Waals surface area contributed by atoms with Gasteiger partial charge in [0.05, 0.1) is 18.1 Å². The molecule has 1 aliphatic carbocycles. The molecular formula is C15H28N2O4. The van der Waals surface area contributed by atoms with Gasteiger partial charge in [-0.25, -0.2) is 4.79 Å². The standard InChI is InChI=1S/C15H28N2O4/c1-4-12(9-21-3)17-14(20)16-10-15(13(18)19)7-5-11(2)6-8-15/h11-12H,4-10H2,1-3H3,(H,18,19)(H2,16,17,20). The van der Waals surface area contributed by atoms with Crippen molar-refractivity contribution in [3.8, 4) is 0 Å². The maximum Gasteiger partial charge on any atom is 0.315 e. The Bertz CT molecular complexity index is 352. The van der Waals surface area contributed by atoms with E-state index in [-0.39, 0.29) is 18.6 Å². The predicted octanol–water partition coefficient (Wildman–Crippen LogP) is 1.99. The zero-order valence-electron chi connectivity index (χ0n) is 13.3. The number of carbonyl (C=O) groups is 2. The van der Waals surface area contributed by atoms with Gasteiger partial charge in [-0.3, -0.25) is 4.79 Å². The molecule has 6 nitrogen and oxygen atoms in total. The van der Waals surface area contributed by atoms with Crippen molar-refractivity contribution in [1.82, 2.24) is 10.6 Å². The third kappa shape index (κ3) is 5.19. The van der Waals surface area contributed by atoms with Crippen LogP contribution in [-0.2, 0) is 9.53 Å². The first-order chi connectivity index (χ1) is 9.93. The van der Waals surface area contributed by atoms with Crippen LogP contribution in [0.2, 0.25) is 0 Å². The van der Waals surface area contributed by atoms with Crippen molar-refractivity contribution in [3.63, 3.8) is 0 Å². The molecule has 0 heterocycles. The van der Waals surface area contributed by atoms with Crippen LogP contribution in [0.15, 0.2) is 0 Å². The van der Waals surface area contributed by atoms with Crippen LogP contribution in [0.25, 0.3) is 0 Å². The van der Waals surface area contributed by atoms with Gasteiger partial charge < -0.3 is 20.5 Å². The largest absolute Gasteiger partial charge is 0.481 e. The molecule has 0 aromatic rings. The second-order valence-corrected chi connectivity index (χ2v) is 6.16. The highest BCUT2D eigenvalue weighted by molar-refractivity contribution is 5.78. The van der Waals surface area contributed by atoms with Crippen LogP contribution in [0, 0.1) is 11.3 Å². The molecule has 0 spiro atoms. The van der Waals surface area contributed by atoms with Gasteiger partial charge in [0, 0.05) is 13.7 Å². The second-order valence-electron chi connectivity index (χ2n) is 6.16. The molecule has 2 amide bonds. The Morgan fingerprint density at radius 3 is 2.48 bits per heavy atom. The van der Waals surface area contributed by atoms with Gasteiger partial charge in [0.15, 0.2) is 0 Å². The minimum Gasteiger partial charge on any atom is -0.481 e. The molecule has 122 valence electrons. The normalized spacial score (nSPS) is 26.9. The first-order valence-electron chi connectivity index (χ1n) is 7.70. The van der Waals surface area contributed by atoms with Crippen molar-refractivity contribution >= 4 is 12.0 Å². The number of rotatable bonds is 7. The lowest BCUT2D eigenvalue weighted by Crippen LogP contribution is -2.50. The van der Waals surface area contributed by atoms with Gasteiger partial charge in [-0.2, -0.15) is 0 Å². The van der Waals surface area contributed by atoms with Crippen molar-refractivity contribution in [2.45, 2.75) is 52.0 Å². The number of methoxy groups -OCH3 is 1. The molecule has 0 saturated heterocycles. The molecule has 0 radical (unpaired) electrons. The second kappa shape index (κ2) is 8.22. The van der Waals surface area contributed by atoms with E-state index in [1.165, 1.54) is 0 Å². The summed E-state index contributed by atoms with van der Waals surface area (Å²) in [6.45, 7) is 4.74. The molecule has 1 aliphatic rings. The highest BCUT2D eigenvalue weighted by atomic mass is 16.5. The first-order valence-corrected chi connectivity index (χ1v) is 7.70. The minimum absolute atomic E-state index is 0.0536. The van der Waals surface area contributed by atoms with E-state index >= 15 is 0 Å². The van der Waals surface area contributed by atoms with Gasteiger partial charge in [-0.15, -0.1) is 0 Å². The smallest absolute Gasteiger partial charge is 0.315 e. The van der Waals surface area contributed by atoms with E-state index in [1.807, 2.05) is 6.92 Å². The zero-order chi connectivity index (χ0) is 15.9. The summed E-state index contributed by atoms with van der Waals surface area (Å²) in [5.41, 5.74) is -0.813. The summed E-state index contributed by atoms with van der Waals surface area (Å²) in [5, 5.41) is 15.0. The summed E-state index contributed by atoms with van der Waals surface area (Å²) in [5.74, 6) is -0.240. The third-order valence-corrected chi connectivity index (χ3v) is 4.47. The van der Waals surface area contributed by atoms with E-state index in [4.69, 9.17) is 4.74 Å². The fraction of sp³-hybridized carbons (Fsp3) is 0.867. The summed E-state index contributed by atoms with van der Waals surface area (Å²) in [4.78, 5) is 23.5. The Morgan fingerprint density at radius 1 is 1.38 bits per heavy atom. The monoisotopic (exact) mass is 300 g/mol. The molecule has 21 heavy (non-hydrogen) atoms. The van der Waals surface area contributed by atoms with Crippen LogP contribution < -0.4 is 10.6 Å². The lowest BCUT2D eigenvalue weighted by Gasteiger charge is -2.35. The fourth-order valence-corrected chi connectivity index (χ4v) is 2.73. The maximum absolute atomic E-state index is 11.9. The van der Waals surface area contributed by atoms with Crippen molar-refractivity contribution in [1.29, 1.82) is 0 Å². The van der Waals surface area contributed by atoms with Crippen molar-refractivity contribution in [3.05, 3.63) is 0 Å². The van der Waals surface area contributed by atoms with Gasteiger partial charge in [0.1, 0.15) is 0 Å². The lowest BCUT2D eigenvalue weighted by molar-refractivity contribution is -0.151. The minimum atomic E-state index is -0.813. The SMILES string of the molecule is CCC(COC)NC(=O)NCC1(C(=O)O)CCC(C)CC1. The molecule has 1 saturated carbocycles. The number of aliphatic carboxylic acids is 1. The number of carbonyl (C=O) groups excluding carboxylic acids is 1. The topological polar surface area (TPSA) is 87.7 Å². The summed E-state index contributed by atoms with van der Waals surface area (Å²) >= 11 is 0. The number of hydrogen-bond donors (Lipinski definition) is 3. The average Bonchev–Trinajstić information content (AvgIpc) is 2.46. The van der Waals surface area contributed by atoms with E-state index in [1.54, 1.807) is 7.11 Å². The third-order valence-electron chi connectivity index (χ3n) is 4.47. The van der Waals surface area contributed by atoms with Crippen LogP contribution >= 0.6 is 0 Å². The quantitative estimate of drug-likeness (QED) is 0.671. The van der Waals surface area contributed by atoms with Crippen molar-refractivity contribution in [2.75, 3.05) is 20.3 Å². The van der Waals surface area contributed by atoms with E-state index < -0.39 is 11.4 Å². The van der Waals surface area contributed by atoms with Gasteiger partial charge in [-0.1, -0.05) is 13.8 Å². The molecule has 0 aromatic heterocycles. The Balaban J connectivity index is 2.50. The Kier molecular flexibility index (Phi) is 6.95. The number of carboxylic acids is 1. The van der Waals surface area contributed by atoms with E-state index in [0.29, 0.717) is 25.4 Å². The predicted molar refractivity (Wildman–Crippen MR) is 80.2 cm³/mol. The first kappa shape index (κ1) is 17.8. The molecule has 0 bridgehead atoms. The Hall–Kier alpha value is -1.30.